The summed E-state index contributed by atoms with van der Waals surface area (Å²) >= 11 is 0. The van der Waals surface area contributed by atoms with Gasteiger partial charge in [0.15, 0.2) is 5.79 Å². The van der Waals surface area contributed by atoms with Crippen LogP contribution < -0.4 is 0 Å². The molecule has 0 aromatic carbocycles. The number of methoxy groups -OCH3 is 2. The number of hydrogen-bond donors (Lipinski definition) is 0. The van der Waals surface area contributed by atoms with Crippen LogP contribution in [0.1, 0.15) is 39.5 Å². The van der Waals surface area contributed by atoms with Gasteiger partial charge in [0.25, 0.3) is 0 Å². The predicted molar refractivity (Wildman–Crippen MR) is 64.5 cm³/mol. The quantitative estimate of drug-likeness (QED) is 0.550. The van der Waals surface area contributed by atoms with Crippen molar-refractivity contribution in [3.05, 3.63) is 0 Å². The van der Waals surface area contributed by atoms with Crippen LogP contribution in [0.25, 0.3) is 0 Å². The van der Waals surface area contributed by atoms with Gasteiger partial charge >= 0.3 is 5.97 Å². The first kappa shape index (κ1) is 14.5. The fourth-order valence-corrected chi connectivity index (χ4v) is 2.54. The largest absolute Gasteiger partial charge is 0.466 e. The minimum Gasteiger partial charge on any atom is -0.466 e. The standard InChI is InChI=1S/C13H24O4/c1-5-17-12(14)10(2)11-6-8-13(15-3,16-4)9-7-11/h10-11H,5-9H2,1-4H3. The maximum atomic E-state index is 11.7. The zero-order chi connectivity index (χ0) is 12.9. The summed E-state index contributed by atoms with van der Waals surface area (Å²) < 4.78 is 15.9. The van der Waals surface area contributed by atoms with E-state index in [-0.39, 0.29) is 11.9 Å². The molecule has 1 aliphatic carbocycles. The lowest BCUT2D eigenvalue weighted by Crippen LogP contribution is -2.40. The van der Waals surface area contributed by atoms with E-state index in [1.165, 1.54) is 0 Å². The summed E-state index contributed by atoms with van der Waals surface area (Å²) in [5.74, 6) is -0.167. The Morgan fingerprint density at radius 3 is 2.24 bits per heavy atom. The highest BCUT2D eigenvalue weighted by Gasteiger charge is 2.38. The second-order valence-corrected chi connectivity index (χ2v) is 4.70. The molecule has 0 aromatic rings. The Kier molecular flexibility index (Phi) is 5.40. The summed E-state index contributed by atoms with van der Waals surface area (Å²) in [6.07, 6.45) is 3.58. The Hall–Kier alpha value is -0.610. The van der Waals surface area contributed by atoms with E-state index in [1.807, 2.05) is 13.8 Å². The number of carbonyl (C=O) groups excluding carboxylic acids is 1. The van der Waals surface area contributed by atoms with Gasteiger partial charge in [0, 0.05) is 27.1 Å². The molecule has 100 valence electrons. The lowest BCUT2D eigenvalue weighted by atomic mass is 9.78. The second kappa shape index (κ2) is 6.36. The van der Waals surface area contributed by atoms with Crippen LogP contribution in [0.4, 0.5) is 0 Å². The molecule has 1 rings (SSSR count). The topological polar surface area (TPSA) is 44.8 Å². The van der Waals surface area contributed by atoms with E-state index in [2.05, 4.69) is 0 Å². The van der Waals surface area contributed by atoms with Crippen LogP contribution in [-0.2, 0) is 19.0 Å². The average Bonchev–Trinajstić information content (AvgIpc) is 2.38. The molecule has 0 heterocycles. The molecule has 0 amide bonds. The van der Waals surface area contributed by atoms with Gasteiger partial charge in [0.05, 0.1) is 12.5 Å². The minimum absolute atomic E-state index is 0.0262. The van der Waals surface area contributed by atoms with E-state index < -0.39 is 5.79 Å². The molecule has 4 nitrogen and oxygen atoms in total. The van der Waals surface area contributed by atoms with Gasteiger partial charge in [-0.15, -0.1) is 0 Å². The van der Waals surface area contributed by atoms with Crippen molar-refractivity contribution in [1.82, 2.24) is 0 Å². The molecule has 4 heteroatoms. The smallest absolute Gasteiger partial charge is 0.308 e. The van der Waals surface area contributed by atoms with Gasteiger partial charge in [-0.05, 0) is 25.7 Å². The maximum absolute atomic E-state index is 11.7. The van der Waals surface area contributed by atoms with Crippen LogP contribution in [0.15, 0.2) is 0 Å². The van der Waals surface area contributed by atoms with Gasteiger partial charge in [-0.25, -0.2) is 0 Å². The number of rotatable bonds is 5. The number of hydrogen-bond acceptors (Lipinski definition) is 4. The summed E-state index contributed by atoms with van der Waals surface area (Å²) in [4.78, 5) is 11.7. The number of carbonyl (C=O) groups is 1. The van der Waals surface area contributed by atoms with E-state index in [0.29, 0.717) is 12.5 Å². The monoisotopic (exact) mass is 244 g/mol. The molecule has 0 saturated heterocycles. The molecule has 1 atom stereocenters. The van der Waals surface area contributed by atoms with Crippen molar-refractivity contribution >= 4 is 5.97 Å². The third-order valence-corrected chi connectivity index (χ3v) is 3.90. The molecular formula is C13H24O4. The molecule has 0 radical (unpaired) electrons. The number of esters is 1. The van der Waals surface area contributed by atoms with Crippen molar-refractivity contribution in [2.75, 3.05) is 20.8 Å². The fourth-order valence-electron chi connectivity index (χ4n) is 2.54. The van der Waals surface area contributed by atoms with Crippen molar-refractivity contribution in [3.8, 4) is 0 Å². The van der Waals surface area contributed by atoms with Gasteiger partial charge in [0.2, 0.25) is 0 Å². The minimum atomic E-state index is -0.440. The van der Waals surface area contributed by atoms with Crippen LogP contribution in [0.3, 0.4) is 0 Å². The zero-order valence-corrected chi connectivity index (χ0v) is 11.3. The molecular weight excluding hydrogens is 220 g/mol. The highest BCUT2D eigenvalue weighted by atomic mass is 16.7. The number of ether oxygens (including phenoxy) is 3. The molecule has 0 aliphatic heterocycles. The van der Waals surface area contributed by atoms with Crippen molar-refractivity contribution in [3.63, 3.8) is 0 Å². The van der Waals surface area contributed by atoms with Crippen LogP contribution in [0, 0.1) is 11.8 Å². The Bertz CT molecular complexity index is 238. The molecule has 0 spiro atoms. The Labute approximate surface area is 104 Å². The SMILES string of the molecule is CCOC(=O)C(C)C1CCC(OC)(OC)CC1. The van der Waals surface area contributed by atoms with Crippen LogP contribution >= 0.6 is 0 Å². The molecule has 0 N–H and O–H groups in total. The normalized spacial score (nSPS) is 22.1. The second-order valence-electron chi connectivity index (χ2n) is 4.70. The van der Waals surface area contributed by atoms with Gasteiger partial charge in [-0.1, -0.05) is 6.92 Å². The van der Waals surface area contributed by atoms with Gasteiger partial charge < -0.3 is 14.2 Å². The van der Waals surface area contributed by atoms with Crippen molar-refractivity contribution in [2.24, 2.45) is 11.8 Å². The predicted octanol–water partition coefficient (Wildman–Crippen LogP) is 2.36. The highest BCUT2D eigenvalue weighted by Crippen LogP contribution is 2.38. The lowest BCUT2D eigenvalue weighted by molar-refractivity contribution is -0.229. The summed E-state index contributed by atoms with van der Waals surface area (Å²) in [7, 11) is 3.36. The third-order valence-electron chi connectivity index (χ3n) is 3.90. The first-order valence-corrected chi connectivity index (χ1v) is 6.35. The molecule has 0 bridgehead atoms. The fraction of sp³-hybridized carbons (Fsp3) is 0.923. The molecule has 1 unspecified atom stereocenters. The molecule has 1 aliphatic rings. The first-order chi connectivity index (χ1) is 8.08. The molecule has 0 aromatic heterocycles. The van der Waals surface area contributed by atoms with Crippen LogP contribution in [0.2, 0.25) is 0 Å². The summed E-state index contributed by atoms with van der Waals surface area (Å²) in [5.41, 5.74) is 0. The lowest BCUT2D eigenvalue weighted by Gasteiger charge is -2.39. The highest BCUT2D eigenvalue weighted by molar-refractivity contribution is 5.72. The van der Waals surface area contributed by atoms with Crippen molar-refractivity contribution < 1.29 is 19.0 Å². The average molecular weight is 244 g/mol. The van der Waals surface area contributed by atoms with Crippen LogP contribution in [-0.4, -0.2) is 32.6 Å². The first-order valence-electron chi connectivity index (χ1n) is 6.35. The Morgan fingerprint density at radius 2 is 1.82 bits per heavy atom. The maximum Gasteiger partial charge on any atom is 0.308 e. The van der Waals surface area contributed by atoms with E-state index in [1.54, 1.807) is 14.2 Å². The van der Waals surface area contributed by atoms with E-state index in [4.69, 9.17) is 14.2 Å². The Morgan fingerprint density at radius 1 is 1.29 bits per heavy atom. The van der Waals surface area contributed by atoms with E-state index in [0.717, 1.165) is 25.7 Å². The third kappa shape index (κ3) is 3.42. The molecule has 1 saturated carbocycles. The van der Waals surface area contributed by atoms with Gasteiger partial charge in [-0.3, -0.25) is 4.79 Å². The zero-order valence-electron chi connectivity index (χ0n) is 11.3. The Balaban J connectivity index is 2.48. The van der Waals surface area contributed by atoms with Gasteiger partial charge in [0.1, 0.15) is 0 Å². The van der Waals surface area contributed by atoms with E-state index >= 15 is 0 Å². The van der Waals surface area contributed by atoms with Crippen LogP contribution in [0.5, 0.6) is 0 Å². The van der Waals surface area contributed by atoms with E-state index in [9.17, 15) is 4.79 Å². The summed E-state index contributed by atoms with van der Waals surface area (Å²) in [6, 6.07) is 0. The molecule has 17 heavy (non-hydrogen) atoms. The van der Waals surface area contributed by atoms with Crippen molar-refractivity contribution in [1.29, 1.82) is 0 Å². The molecule has 1 fully saturated rings. The summed E-state index contributed by atoms with van der Waals surface area (Å²) in [6.45, 7) is 4.25. The van der Waals surface area contributed by atoms with Gasteiger partial charge in [-0.2, -0.15) is 0 Å². The summed E-state index contributed by atoms with van der Waals surface area (Å²) in [5, 5.41) is 0. The van der Waals surface area contributed by atoms with Crippen molar-refractivity contribution in [2.45, 2.75) is 45.3 Å².